The van der Waals surface area contributed by atoms with E-state index in [4.69, 9.17) is 4.74 Å². The lowest BCUT2D eigenvalue weighted by molar-refractivity contribution is 0.122. The molecule has 1 aliphatic rings. The van der Waals surface area contributed by atoms with Crippen molar-refractivity contribution < 1.29 is 9.53 Å². The first-order valence-electron chi connectivity index (χ1n) is 8.05. The number of nitrogens with zero attached hydrogens (tertiary/aromatic N) is 2. The zero-order valence-electron chi connectivity index (χ0n) is 13.7. The number of aryl methyl sites for hydroxylation is 1. The summed E-state index contributed by atoms with van der Waals surface area (Å²) >= 11 is 1.66. The summed E-state index contributed by atoms with van der Waals surface area (Å²) in [4.78, 5) is 19.9. The topological polar surface area (TPSA) is 66.5 Å². The van der Waals surface area contributed by atoms with Crippen LogP contribution in [-0.4, -0.2) is 37.3 Å². The Balaban J connectivity index is 1.54. The van der Waals surface area contributed by atoms with Gasteiger partial charge in [-0.1, -0.05) is 6.07 Å². The second kappa shape index (κ2) is 8.12. The van der Waals surface area contributed by atoms with Crippen LogP contribution in [0.4, 0.5) is 10.6 Å². The molecule has 0 atom stereocenters. The van der Waals surface area contributed by atoms with Crippen LogP contribution in [0.2, 0.25) is 0 Å². The average Bonchev–Trinajstić information content (AvgIpc) is 3.04. The van der Waals surface area contributed by atoms with E-state index in [0.29, 0.717) is 26.3 Å². The third-order valence-corrected chi connectivity index (χ3v) is 5.02. The summed E-state index contributed by atoms with van der Waals surface area (Å²) in [5.74, 6) is 0.926. The molecule has 128 valence electrons. The number of thiophene rings is 1. The van der Waals surface area contributed by atoms with Crippen molar-refractivity contribution in [3.8, 4) is 0 Å². The first-order valence-corrected chi connectivity index (χ1v) is 8.93. The minimum atomic E-state index is -0.167. The highest BCUT2D eigenvalue weighted by Crippen LogP contribution is 2.18. The second-order valence-electron chi connectivity index (χ2n) is 5.65. The van der Waals surface area contributed by atoms with Crippen LogP contribution in [0.25, 0.3) is 0 Å². The minimum Gasteiger partial charge on any atom is -0.378 e. The molecule has 0 aromatic carbocycles. The maximum atomic E-state index is 12.0. The average molecular weight is 346 g/mol. The van der Waals surface area contributed by atoms with Gasteiger partial charge in [0, 0.05) is 36.3 Å². The van der Waals surface area contributed by atoms with Crippen LogP contribution in [0.15, 0.2) is 29.8 Å². The third kappa shape index (κ3) is 4.24. The Morgan fingerprint density at radius 1 is 1.29 bits per heavy atom. The molecule has 0 aliphatic carbocycles. The number of rotatable bonds is 5. The Morgan fingerprint density at radius 3 is 2.83 bits per heavy atom. The zero-order valence-corrected chi connectivity index (χ0v) is 14.6. The fourth-order valence-electron chi connectivity index (χ4n) is 2.61. The molecule has 0 saturated carbocycles. The van der Waals surface area contributed by atoms with E-state index in [1.54, 1.807) is 17.5 Å². The van der Waals surface area contributed by atoms with Crippen molar-refractivity contribution in [3.05, 3.63) is 45.8 Å². The molecule has 6 nitrogen and oxygen atoms in total. The van der Waals surface area contributed by atoms with Crippen LogP contribution >= 0.6 is 11.3 Å². The van der Waals surface area contributed by atoms with Gasteiger partial charge in [-0.15, -0.1) is 11.3 Å². The summed E-state index contributed by atoms with van der Waals surface area (Å²) in [6.07, 6.45) is 1.79. The molecule has 0 unspecified atom stereocenters. The summed E-state index contributed by atoms with van der Waals surface area (Å²) in [7, 11) is 0. The van der Waals surface area contributed by atoms with Crippen molar-refractivity contribution in [3.63, 3.8) is 0 Å². The van der Waals surface area contributed by atoms with Crippen molar-refractivity contribution in [2.75, 3.05) is 31.2 Å². The van der Waals surface area contributed by atoms with Gasteiger partial charge in [-0.25, -0.2) is 9.78 Å². The lowest BCUT2D eigenvalue weighted by atomic mass is 10.2. The van der Waals surface area contributed by atoms with Gasteiger partial charge in [0.05, 0.1) is 19.8 Å². The van der Waals surface area contributed by atoms with E-state index in [9.17, 15) is 4.79 Å². The summed E-state index contributed by atoms with van der Waals surface area (Å²) in [6, 6.07) is 5.79. The fraction of sp³-hybridized carbons (Fsp3) is 0.412. The largest absolute Gasteiger partial charge is 0.378 e. The van der Waals surface area contributed by atoms with Gasteiger partial charge < -0.3 is 20.3 Å². The molecule has 24 heavy (non-hydrogen) atoms. The molecule has 0 radical (unpaired) electrons. The maximum absolute atomic E-state index is 12.0. The molecule has 2 aromatic rings. The van der Waals surface area contributed by atoms with Crippen molar-refractivity contribution in [1.82, 2.24) is 15.6 Å². The van der Waals surface area contributed by atoms with Crippen molar-refractivity contribution in [2.24, 2.45) is 0 Å². The lowest BCUT2D eigenvalue weighted by Crippen LogP contribution is -2.38. The van der Waals surface area contributed by atoms with E-state index in [1.807, 2.05) is 17.5 Å². The molecule has 7 heteroatoms. The number of hydrogen-bond acceptors (Lipinski definition) is 5. The Kier molecular flexibility index (Phi) is 5.66. The standard InChI is InChI=1S/C17H22N4O2S/c1-13-4-10-24-15(13)12-20-17(22)19-11-14-3-2-5-18-16(14)21-6-8-23-9-7-21/h2-5,10H,6-9,11-12H2,1H3,(H2,19,20,22). The number of nitrogens with one attached hydrogen (secondary N) is 2. The highest BCUT2D eigenvalue weighted by Gasteiger charge is 2.16. The molecular weight excluding hydrogens is 324 g/mol. The number of hydrogen-bond donors (Lipinski definition) is 2. The fourth-order valence-corrected chi connectivity index (χ4v) is 3.46. The van der Waals surface area contributed by atoms with Crippen LogP contribution in [0.1, 0.15) is 16.0 Å². The Hall–Kier alpha value is -2.12. The number of aromatic nitrogens is 1. The third-order valence-electron chi connectivity index (χ3n) is 4.00. The van der Waals surface area contributed by atoms with Gasteiger partial charge in [-0.05, 0) is 30.0 Å². The predicted molar refractivity (Wildman–Crippen MR) is 95.4 cm³/mol. The van der Waals surface area contributed by atoms with E-state index in [2.05, 4.69) is 33.5 Å². The van der Waals surface area contributed by atoms with Gasteiger partial charge in [-0.3, -0.25) is 0 Å². The summed E-state index contributed by atoms with van der Waals surface area (Å²) < 4.78 is 5.39. The summed E-state index contributed by atoms with van der Waals surface area (Å²) in [5, 5.41) is 7.85. The van der Waals surface area contributed by atoms with Crippen molar-refractivity contribution in [1.29, 1.82) is 0 Å². The number of carbonyl (C=O) groups is 1. The highest BCUT2D eigenvalue weighted by atomic mass is 32.1. The molecule has 2 amide bonds. The van der Waals surface area contributed by atoms with Gasteiger partial charge in [0.2, 0.25) is 0 Å². The SMILES string of the molecule is Cc1ccsc1CNC(=O)NCc1cccnc1N1CCOCC1. The van der Waals surface area contributed by atoms with Crippen LogP contribution in [0.5, 0.6) is 0 Å². The molecule has 3 heterocycles. The number of anilines is 1. The lowest BCUT2D eigenvalue weighted by Gasteiger charge is -2.29. The van der Waals surface area contributed by atoms with E-state index in [1.165, 1.54) is 10.4 Å². The molecule has 1 saturated heterocycles. The molecule has 0 bridgehead atoms. The highest BCUT2D eigenvalue weighted by molar-refractivity contribution is 7.10. The number of pyridine rings is 1. The normalized spacial score (nSPS) is 14.5. The first-order chi connectivity index (χ1) is 11.7. The predicted octanol–water partition coefficient (Wildman–Crippen LogP) is 2.29. The summed E-state index contributed by atoms with van der Waals surface area (Å²) in [5.41, 5.74) is 2.23. The van der Waals surface area contributed by atoms with Crippen LogP contribution in [0, 0.1) is 6.92 Å². The number of amides is 2. The first kappa shape index (κ1) is 16.7. The van der Waals surface area contributed by atoms with Crippen molar-refractivity contribution >= 4 is 23.2 Å². The quantitative estimate of drug-likeness (QED) is 0.872. The second-order valence-corrected chi connectivity index (χ2v) is 6.65. The number of ether oxygens (including phenoxy) is 1. The monoisotopic (exact) mass is 346 g/mol. The van der Waals surface area contributed by atoms with Crippen LogP contribution in [-0.2, 0) is 17.8 Å². The van der Waals surface area contributed by atoms with E-state index in [-0.39, 0.29) is 6.03 Å². The molecule has 2 N–H and O–H groups in total. The van der Waals surface area contributed by atoms with Gasteiger partial charge in [0.1, 0.15) is 5.82 Å². The van der Waals surface area contributed by atoms with E-state index in [0.717, 1.165) is 24.5 Å². The van der Waals surface area contributed by atoms with Crippen molar-refractivity contribution in [2.45, 2.75) is 20.0 Å². The van der Waals surface area contributed by atoms with Gasteiger partial charge in [-0.2, -0.15) is 0 Å². The smallest absolute Gasteiger partial charge is 0.315 e. The van der Waals surface area contributed by atoms with E-state index < -0.39 is 0 Å². The van der Waals surface area contributed by atoms with Crippen LogP contribution in [0.3, 0.4) is 0 Å². The zero-order chi connectivity index (χ0) is 16.8. The number of morpholine rings is 1. The molecule has 0 spiro atoms. The van der Waals surface area contributed by atoms with Crippen LogP contribution < -0.4 is 15.5 Å². The van der Waals surface area contributed by atoms with Gasteiger partial charge >= 0.3 is 6.03 Å². The summed E-state index contributed by atoms with van der Waals surface area (Å²) in [6.45, 7) is 6.14. The molecular formula is C17H22N4O2S. The number of carbonyl (C=O) groups excluding carboxylic acids is 1. The molecule has 2 aromatic heterocycles. The Bertz CT molecular complexity index is 683. The molecule has 1 aliphatic heterocycles. The van der Waals surface area contributed by atoms with Gasteiger partial charge in [0.25, 0.3) is 0 Å². The minimum absolute atomic E-state index is 0.167. The molecule has 1 fully saturated rings. The number of urea groups is 1. The van der Waals surface area contributed by atoms with Gasteiger partial charge in [0.15, 0.2) is 0 Å². The van der Waals surface area contributed by atoms with E-state index >= 15 is 0 Å². The Labute approximate surface area is 145 Å². The molecule has 3 rings (SSSR count). The maximum Gasteiger partial charge on any atom is 0.315 e. The Morgan fingerprint density at radius 2 is 2.08 bits per heavy atom.